The lowest BCUT2D eigenvalue weighted by Gasteiger charge is -2.43. The minimum atomic E-state index is -0.159. The molecule has 1 aromatic heterocycles. The molecule has 3 nitrogen and oxygen atoms in total. The SMILES string of the molecule is CCc1cc(CC2(c3cccc(F)c3)CNC2)n(C)n1. The third-order valence-corrected chi connectivity index (χ3v) is 4.27. The van der Waals surface area contributed by atoms with Gasteiger partial charge in [-0.05, 0) is 30.2 Å². The van der Waals surface area contributed by atoms with Crippen molar-refractivity contribution in [1.29, 1.82) is 0 Å². The second-order valence-corrected chi connectivity index (χ2v) is 5.68. The maximum atomic E-state index is 13.5. The number of benzene rings is 1. The first-order valence-electron chi connectivity index (χ1n) is 7.11. The van der Waals surface area contributed by atoms with Gasteiger partial charge in [0.15, 0.2) is 0 Å². The molecule has 2 heterocycles. The Balaban J connectivity index is 1.91. The summed E-state index contributed by atoms with van der Waals surface area (Å²) in [4.78, 5) is 0. The Kier molecular flexibility index (Phi) is 3.34. The molecule has 1 saturated heterocycles. The predicted octanol–water partition coefficient (Wildman–Crippen LogP) is 2.21. The van der Waals surface area contributed by atoms with Gasteiger partial charge in [-0.25, -0.2) is 4.39 Å². The molecule has 106 valence electrons. The predicted molar refractivity (Wildman–Crippen MR) is 77.2 cm³/mol. The maximum absolute atomic E-state index is 13.5. The molecular weight excluding hydrogens is 253 g/mol. The highest BCUT2D eigenvalue weighted by Crippen LogP contribution is 2.33. The lowest BCUT2D eigenvalue weighted by atomic mass is 9.72. The van der Waals surface area contributed by atoms with Gasteiger partial charge >= 0.3 is 0 Å². The molecule has 0 unspecified atom stereocenters. The van der Waals surface area contributed by atoms with Gasteiger partial charge in [-0.1, -0.05) is 19.1 Å². The van der Waals surface area contributed by atoms with Crippen LogP contribution < -0.4 is 5.32 Å². The van der Waals surface area contributed by atoms with Crippen LogP contribution in [-0.4, -0.2) is 22.9 Å². The molecule has 1 aliphatic rings. The first-order chi connectivity index (χ1) is 9.63. The monoisotopic (exact) mass is 273 g/mol. The highest BCUT2D eigenvalue weighted by atomic mass is 19.1. The molecule has 0 atom stereocenters. The van der Waals surface area contributed by atoms with Crippen molar-refractivity contribution in [3.63, 3.8) is 0 Å². The molecule has 1 aromatic carbocycles. The number of rotatable bonds is 4. The molecule has 0 radical (unpaired) electrons. The van der Waals surface area contributed by atoms with Crippen LogP contribution in [-0.2, 0) is 25.3 Å². The van der Waals surface area contributed by atoms with Crippen molar-refractivity contribution < 1.29 is 4.39 Å². The summed E-state index contributed by atoms with van der Waals surface area (Å²) in [5.74, 6) is -0.159. The van der Waals surface area contributed by atoms with E-state index in [0.717, 1.165) is 37.2 Å². The Labute approximate surface area is 118 Å². The van der Waals surface area contributed by atoms with Crippen molar-refractivity contribution in [2.75, 3.05) is 13.1 Å². The number of nitrogens with one attached hydrogen (secondary N) is 1. The third-order valence-electron chi connectivity index (χ3n) is 4.27. The molecule has 1 fully saturated rings. The Morgan fingerprint density at radius 3 is 2.70 bits per heavy atom. The van der Waals surface area contributed by atoms with E-state index in [1.807, 2.05) is 17.8 Å². The quantitative estimate of drug-likeness (QED) is 0.925. The van der Waals surface area contributed by atoms with Gasteiger partial charge in [0.05, 0.1) is 5.69 Å². The van der Waals surface area contributed by atoms with Crippen molar-refractivity contribution in [1.82, 2.24) is 15.1 Å². The van der Waals surface area contributed by atoms with Crippen LogP contribution in [0.25, 0.3) is 0 Å². The largest absolute Gasteiger partial charge is 0.315 e. The summed E-state index contributed by atoms with van der Waals surface area (Å²) in [7, 11) is 1.99. The molecule has 2 aromatic rings. The zero-order valence-corrected chi connectivity index (χ0v) is 12.0. The second kappa shape index (κ2) is 5.02. The van der Waals surface area contributed by atoms with Crippen molar-refractivity contribution in [2.45, 2.75) is 25.2 Å². The average molecular weight is 273 g/mol. The van der Waals surface area contributed by atoms with Crippen molar-refractivity contribution >= 4 is 0 Å². The van der Waals surface area contributed by atoms with Crippen LogP contribution in [0.15, 0.2) is 30.3 Å². The first-order valence-corrected chi connectivity index (χ1v) is 7.11. The number of hydrogen-bond donors (Lipinski definition) is 1. The van der Waals surface area contributed by atoms with Gasteiger partial charge in [-0.3, -0.25) is 4.68 Å². The average Bonchev–Trinajstić information content (AvgIpc) is 2.74. The van der Waals surface area contributed by atoms with Gasteiger partial charge in [0, 0.05) is 37.7 Å². The van der Waals surface area contributed by atoms with Gasteiger partial charge in [-0.15, -0.1) is 0 Å². The van der Waals surface area contributed by atoms with E-state index >= 15 is 0 Å². The maximum Gasteiger partial charge on any atom is 0.123 e. The van der Waals surface area contributed by atoms with Crippen LogP contribution in [0, 0.1) is 5.82 Å². The summed E-state index contributed by atoms with van der Waals surface area (Å²) in [6.07, 6.45) is 1.84. The van der Waals surface area contributed by atoms with Gasteiger partial charge in [-0.2, -0.15) is 5.10 Å². The molecular formula is C16H20FN3. The summed E-state index contributed by atoms with van der Waals surface area (Å²) in [5, 5.41) is 7.83. The number of hydrogen-bond acceptors (Lipinski definition) is 2. The molecule has 0 saturated carbocycles. The van der Waals surface area contributed by atoms with E-state index in [9.17, 15) is 4.39 Å². The second-order valence-electron chi connectivity index (χ2n) is 5.68. The Morgan fingerprint density at radius 2 is 2.15 bits per heavy atom. The highest BCUT2D eigenvalue weighted by Gasteiger charge is 2.39. The van der Waals surface area contributed by atoms with Crippen LogP contribution >= 0.6 is 0 Å². The van der Waals surface area contributed by atoms with Gasteiger partial charge in [0.1, 0.15) is 5.82 Å². The Bertz CT molecular complexity index is 614. The van der Waals surface area contributed by atoms with E-state index in [1.54, 1.807) is 12.1 Å². The zero-order valence-electron chi connectivity index (χ0n) is 12.0. The first kappa shape index (κ1) is 13.3. The summed E-state index contributed by atoms with van der Waals surface area (Å²) >= 11 is 0. The molecule has 3 rings (SSSR count). The van der Waals surface area contributed by atoms with E-state index in [1.165, 1.54) is 11.8 Å². The van der Waals surface area contributed by atoms with Crippen LogP contribution in [0.4, 0.5) is 4.39 Å². The number of halogens is 1. The Hall–Kier alpha value is -1.68. The molecule has 0 bridgehead atoms. The molecule has 0 spiro atoms. The fourth-order valence-corrected chi connectivity index (χ4v) is 2.93. The number of nitrogens with zero attached hydrogens (tertiary/aromatic N) is 2. The molecule has 1 aliphatic heterocycles. The van der Waals surface area contributed by atoms with Gasteiger partial charge in [0.2, 0.25) is 0 Å². The van der Waals surface area contributed by atoms with E-state index in [4.69, 9.17) is 0 Å². The fourth-order valence-electron chi connectivity index (χ4n) is 2.93. The molecule has 4 heteroatoms. The molecule has 0 amide bonds. The third kappa shape index (κ3) is 2.24. The van der Waals surface area contributed by atoms with Crippen molar-refractivity contribution in [3.05, 3.63) is 53.1 Å². The van der Waals surface area contributed by atoms with E-state index < -0.39 is 0 Å². The normalized spacial score (nSPS) is 16.9. The summed E-state index contributed by atoms with van der Waals surface area (Å²) in [6.45, 7) is 3.89. The van der Waals surface area contributed by atoms with Crippen LogP contribution in [0.1, 0.15) is 23.9 Å². The van der Waals surface area contributed by atoms with Gasteiger partial charge in [0.25, 0.3) is 0 Å². The van der Waals surface area contributed by atoms with Crippen molar-refractivity contribution in [2.24, 2.45) is 7.05 Å². The lowest BCUT2D eigenvalue weighted by Crippen LogP contribution is -2.58. The minimum Gasteiger partial charge on any atom is -0.315 e. The Morgan fingerprint density at radius 1 is 1.35 bits per heavy atom. The summed E-state index contributed by atoms with van der Waals surface area (Å²) in [5.41, 5.74) is 3.41. The van der Waals surface area contributed by atoms with Crippen LogP contribution in [0.5, 0.6) is 0 Å². The van der Waals surface area contributed by atoms with Crippen LogP contribution in [0.2, 0.25) is 0 Å². The van der Waals surface area contributed by atoms with Gasteiger partial charge < -0.3 is 5.32 Å². The molecule has 1 N–H and O–H groups in total. The van der Waals surface area contributed by atoms with Crippen LogP contribution in [0.3, 0.4) is 0 Å². The smallest absolute Gasteiger partial charge is 0.123 e. The number of aryl methyl sites for hydroxylation is 2. The van der Waals surface area contributed by atoms with E-state index in [-0.39, 0.29) is 11.2 Å². The number of aromatic nitrogens is 2. The van der Waals surface area contributed by atoms with Crippen molar-refractivity contribution in [3.8, 4) is 0 Å². The van der Waals surface area contributed by atoms with E-state index in [2.05, 4.69) is 23.4 Å². The molecule has 0 aliphatic carbocycles. The standard InChI is InChI=1S/C16H20FN3/c1-3-14-8-15(20(2)19-14)9-16(10-18-11-16)12-5-4-6-13(17)7-12/h4-8,18H,3,9-11H2,1-2H3. The summed E-state index contributed by atoms with van der Waals surface area (Å²) in [6, 6.07) is 9.16. The minimum absolute atomic E-state index is 0.000898. The summed E-state index contributed by atoms with van der Waals surface area (Å²) < 4.78 is 15.5. The highest BCUT2D eigenvalue weighted by molar-refractivity contribution is 5.33. The molecule has 20 heavy (non-hydrogen) atoms. The van der Waals surface area contributed by atoms with E-state index in [0.29, 0.717) is 0 Å². The fraction of sp³-hybridized carbons (Fsp3) is 0.438. The lowest BCUT2D eigenvalue weighted by molar-refractivity contribution is 0.269. The topological polar surface area (TPSA) is 29.9 Å². The zero-order chi connectivity index (χ0) is 14.2.